The van der Waals surface area contributed by atoms with Gasteiger partial charge >= 0.3 is 0 Å². The fraction of sp³-hybridized carbons (Fsp3) is 0.412. The number of carbonyl (C=O) groups is 1. The summed E-state index contributed by atoms with van der Waals surface area (Å²) >= 11 is 0. The summed E-state index contributed by atoms with van der Waals surface area (Å²) in [5.74, 6) is -0.553. The fourth-order valence-electron chi connectivity index (χ4n) is 2.93. The van der Waals surface area contributed by atoms with Crippen molar-refractivity contribution in [2.45, 2.75) is 31.9 Å². The van der Waals surface area contributed by atoms with E-state index in [9.17, 15) is 14.3 Å². The molecule has 6 heteroatoms. The number of benzene rings is 1. The van der Waals surface area contributed by atoms with Crippen molar-refractivity contribution < 1.29 is 14.3 Å². The summed E-state index contributed by atoms with van der Waals surface area (Å²) in [7, 11) is 1.81. The van der Waals surface area contributed by atoms with Gasteiger partial charge in [-0.15, -0.1) is 0 Å². The minimum absolute atomic E-state index is 0.161. The van der Waals surface area contributed by atoms with E-state index in [2.05, 4.69) is 10.4 Å². The first-order valence-electron chi connectivity index (χ1n) is 7.67. The zero-order chi connectivity index (χ0) is 16.6. The summed E-state index contributed by atoms with van der Waals surface area (Å²) in [6.45, 7) is 1.66. The van der Waals surface area contributed by atoms with Gasteiger partial charge in [0.15, 0.2) is 0 Å². The molecule has 1 aliphatic rings. The van der Waals surface area contributed by atoms with E-state index in [1.807, 2.05) is 13.2 Å². The van der Waals surface area contributed by atoms with Crippen LogP contribution in [0.1, 0.15) is 40.4 Å². The number of nitrogens with zero attached hydrogens (tertiary/aromatic N) is 2. The first-order chi connectivity index (χ1) is 10.9. The van der Waals surface area contributed by atoms with E-state index in [1.54, 1.807) is 29.9 Å². The lowest BCUT2D eigenvalue weighted by atomic mass is 9.75. The van der Waals surface area contributed by atoms with Crippen LogP contribution in [0.25, 0.3) is 0 Å². The van der Waals surface area contributed by atoms with Gasteiger partial charge in [-0.25, -0.2) is 4.39 Å². The maximum absolute atomic E-state index is 13.7. The van der Waals surface area contributed by atoms with Crippen LogP contribution >= 0.6 is 0 Å². The number of hydrogen-bond donors (Lipinski definition) is 2. The van der Waals surface area contributed by atoms with Gasteiger partial charge in [0.05, 0.1) is 18.3 Å². The smallest absolute Gasteiger partial charge is 0.251 e. The molecule has 0 spiro atoms. The second-order valence-corrected chi connectivity index (χ2v) is 6.25. The third-order valence-corrected chi connectivity index (χ3v) is 4.43. The van der Waals surface area contributed by atoms with Crippen LogP contribution < -0.4 is 5.32 Å². The predicted octanol–water partition coefficient (Wildman–Crippen LogP) is 2.11. The van der Waals surface area contributed by atoms with Crippen molar-refractivity contribution in [2.24, 2.45) is 13.0 Å². The van der Waals surface area contributed by atoms with Gasteiger partial charge in [-0.2, -0.15) is 5.10 Å². The molecule has 0 bridgehead atoms. The first kappa shape index (κ1) is 15.7. The number of carbonyl (C=O) groups excluding carboxylic acids is 1. The molecule has 1 fully saturated rings. The van der Waals surface area contributed by atoms with Gasteiger partial charge in [0.25, 0.3) is 5.91 Å². The molecule has 1 heterocycles. The number of aromatic nitrogens is 2. The van der Waals surface area contributed by atoms with Gasteiger partial charge in [-0.1, -0.05) is 6.07 Å². The number of amides is 1. The van der Waals surface area contributed by atoms with Gasteiger partial charge in [0.2, 0.25) is 0 Å². The molecule has 5 nitrogen and oxygen atoms in total. The van der Waals surface area contributed by atoms with E-state index < -0.39 is 5.82 Å². The average Bonchev–Trinajstić information content (AvgIpc) is 2.91. The number of halogens is 1. The van der Waals surface area contributed by atoms with Crippen LogP contribution in [0.5, 0.6) is 0 Å². The quantitative estimate of drug-likeness (QED) is 0.907. The van der Waals surface area contributed by atoms with Crippen molar-refractivity contribution in [3.8, 4) is 0 Å². The van der Waals surface area contributed by atoms with Gasteiger partial charge in [0.1, 0.15) is 5.82 Å². The topological polar surface area (TPSA) is 67.2 Å². The Morgan fingerprint density at radius 3 is 2.78 bits per heavy atom. The normalized spacial score (nSPS) is 21.6. The summed E-state index contributed by atoms with van der Waals surface area (Å²) in [5, 5.41) is 16.7. The number of rotatable bonds is 4. The van der Waals surface area contributed by atoms with Gasteiger partial charge in [-0.05, 0) is 43.4 Å². The molecule has 1 aromatic carbocycles. The predicted molar refractivity (Wildman–Crippen MR) is 83.3 cm³/mol. The van der Waals surface area contributed by atoms with Crippen molar-refractivity contribution in [1.29, 1.82) is 0 Å². The van der Waals surface area contributed by atoms with Crippen molar-refractivity contribution in [2.75, 3.05) is 0 Å². The minimum Gasteiger partial charge on any atom is -0.393 e. The van der Waals surface area contributed by atoms with E-state index >= 15 is 0 Å². The summed E-state index contributed by atoms with van der Waals surface area (Å²) < 4.78 is 15.3. The lowest BCUT2D eigenvalue weighted by Crippen LogP contribution is -2.41. The molecular formula is C17H20FN3O2. The van der Waals surface area contributed by atoms with Crippen LogP contribution in [0.3, 0.4) is 0 Å². The zero-order valence-corrected chi connectivity index (χ0v) is 13.2. The monoisotopic (exact) mass is 317 g/mol. The van der Waals surface area contributed by atoms with E-state index in [4.69, 9.17) is 0 Å². The fourth-order valence-corrected chi connectivity index (χ4v) is 2.93. The van der Waals surface area contributed by atoms with Crippen LogP contribution in [0.4, 0.5) is 4.39 Å². The standard InChI is InChI=1S/C17H20FN3O2/c1-10-3-4-11(7-15(10)18)17(23)20-16(12-5-14(22)6-12)13-8-19-21(2)9-13/h3-4,7-9,12,14,16,22H,5-6H2,1-2H3,(H,20,23)/t12?,14?,16-/m1/s1. The number of aryl methyl sites for hydroxylation is 2. The number of hydrogen-bond acceptors (Lipinski definition) is 3. The molecule has 1 amide bonds. The first-order valence-corrected chi connectivity index (χ1v) is 7.67. The largest absolute Gasteiger partial charge is 0.393 e. The van der Waals surface area contributed by atoms with Crippen molar-refractivity contribution in [1.82, 2.24) is 15.1 Å². The Morgan fingerprint density at radius 1 is 1.48 bits per heavy atom. The number of aliphatic hydroxyl groups is 1. The van der Waals surface area contributed by atoms with E-state index in [1.165, 1.54) is 6.07 Å². The molecule has 3 rings (SSSR count). The minimum atomic E-state index is -0.394. The highest BCUT2D eigenvalue weighted by Gasteiger charge is 2.36. The second-order valence-electron chi connectivity index (χ2n) is 6.25. The molecule has 1 atom stereocenters. The zero-order valence-electron chi connectivity index (χ0n) is 13.2. The van der Waals surface area contributed by atoms with Gasteiger partial charge in [-0.3, -0.25) is 9.48 Å². The molecule has 2 N–H and O–H groups in total. The van der Waals surface area contributed by atoms with Gasteiger partial charge in [0, 0.05) is 24.4 Å². The third kappa shape index (κ3) is 3.27. The molecule has 0 saturated heterocycles. The average molecular weight is 317 g/mol. The molecule has 122 valence electrons. The van der Waals surface area contributed by atoms with Crippen LogP contribution in [-0.2, 0) is 7.05 Å². The Hall–Kier alpha value is -2.21. The Labute approximate surface area is 134 Å². The highest BCUT2D eigenvalue weighted by atomic mass is 19.1. The maximum Gasteiger partial charge on any atom is 0.251 e. The highest BCUT2D eigenvalue weighted by Crippen LogP contribution is 2.38. The molecule has 1 saturated carbocycles. The maximum atomic E-state index is 13.7. The van der Waals surface area contributed by atoms with Crippen molar-refractivity contribution in [3.05, 3.63) is 53.1 Å². The second kappa shape index (κ2) is 6.12. The van der Waals surface area contributed by atoms with Crippen LogP contribution in [0, 0.1) is 18.7 Å². The molecule has 0 radical (unpaired) electrons. The molecule has 2 aromatic rings. The SMILES string of the molecule is Cc1ccc(C(=O)N[C@@H](c2cnn(C)c2)C2CC(O)C2)cc1F. The summed E-state index contributed by atoms with van der Waals surface area (Å²) in [5.41, 5.74) is 1.69. The molecule has 0 aliphatic heterocycles. The Balaban J connectivity index is 1.80. The summed E-state index contributed by atoms with van der Waals surface area (Å²) in [6, 6.07) is 4.23. The molecule has 1 aromatic heterocycles. The van der Waals surface area contributed by atoms with Crippen LogP contribution in [-0.4, -0.2) is 26.9 Å². The molecule has 0 unspecified atom stereocenters. The lowest BCUT2D eigenvalue weighted by molar-refractivity contribution is 0.0235. The van der Waals surface area contributed by atoms with E-state index in [0.717, 1.165) is 5.56 Å². The van der Waals surface area contributed by atoms with Gasteiger partial charge < -0.3 is 10.4 Å². The highest BCUT2D eigenvalue weighted by molar-refractivity contribution is 5.94. The van der Waals surface area contributed by atoms with E-state index in [-0.39, 0.29) is 24.0 Å². The van der Waals surface area contributed by atoms with Crippen molar-refractivity contribution in [3.63, 3.8) is 0 Å². The molecule has 1 aliphatic carbocycles. The number of aliphatic hydroxyl groups excluding tert-OH is 1. The van der Waals surface area contributed by atoms with Crippen LogP contribution in [0.15, 0.2) is 30.6 Å². The Kier molecular flexibility index (Phi) is 4.17. The molecule has 23 heavy (non-hydrogen) atoms. The lowest BCUT2D eigenvalue weighted by Gasteiger charge is -2.37. The summed E-state index contributed by atoms with van der Waals surface area (Å²) in [6.07, 6.45) is 4.54. The van der Waals surface area contributed by atoms with Crippen molar-refractivity contribution >= 4 is 5.91 Å². The Bertz CT molecular complexity index is 722. The Morgan fingerprint density at radius 2 is 2.22 bits per heavy atom. The molecular weight excluding hydrogens is 297 g/mol. The van der Waals surface area contributed by atoms with E-state index in [0.29, 0.717) is 24.0 Å². The van der Waals surface area contributed by atoms with Crippen LogP contribution in [0.2, 0.25) is 0 Å². The number of nitrogens with one attached hydrogen (secondary N) is 1. The summed E-state index contributed by atoms with van der Waals surface area (Å²) in [4.78, 5) is 12.5. The third-order valence-electron chi connectivity index (χ3n) is 4.43.